The van der Waals surface area contributed by atoms with E-state index in [2.05, 4.69) is 4.98 Å². The van der Waals surface area contributed by atoms with E-state index in [0.717, 1.165) is 16.9 Å². The normalized spacial score (nSPS) is 15.7. The van der Waals surface area contributed by atoms with Crippen molar-refractivity contribution in [2.45, 2.75) is 18.9 Å². The minimum Gasteiger partial charge on any atom is -0.508 e. The van der Waals surface area contributed by atoms with E-state index in [4.69, 9.17) is 9.47 Å². The van der Waals surface area contributed by atoms with Crippen molar-refractivity contribution in [3.63, 3.8) is 0 Å². The van der Waals surface area contributed by atoms with E-state index >= 15 is 0 Å². The van der Waals surface area contributed by atoms with Gasteiger partial charge in [-0.1, -0.05) is 23.5 Å². The van der Waals surface area contributed by atoms with Crippen LogP contribution in [-0.2, 0) is 6.42 Å². The van der Waals surface area contributed by atoms with Gasteiger partial charge in [-0.05, 0) is 35.9 Å². The third-order valence-electron chi connectivity index (χ3n) is 4.39. The Kier molecular flexibility index (Phi) is 4.79. The number of thiazole rings is 1. The zero-order valence-corrected chi connectivity index (χ0v) is 15.5. The Morgan fingerprint density at radius 1 is 1.14 bits per heavy atom. The summed E-state index contributed by atoms with van der Waals surface area (Å²) in [4.78, 5) is 26.1. The predicted molar refractivity (Wildman–Crippen MR) is 103 cm³/mol. The molecule has 0 fully saturated rings. The van der Waals surface area contributed by atoms with Crippen LogP contribution in [0.3, 0.4) is 0 Å². The Balaban J connectivity index is 1.36. The van der Waals surface area contributed by atoms with Crippen molar-refractivity contribution in [3.05, 3.63) is 68.1 Å². The quantitative estimate of drug-likeness (QED) is 0.609. The number of aromatic nitrogens is 1. The summed E-state index contributed by atoms with van der Waals surface area (Å²) in [7, 11) is 0. The van der Waals surface area contributed by atoms with Crippen molar-refractivity contribution in [1.29, 1.82) is 0 Å². The molecular formula is C20H17NO6S. The second kappa shape index (κ2) is 7.40. The van der Waals surface area contributed by atoms with Gasteiger partial charge in [-0.3, -0.25) is 14.6 Å². The molecule has 0 saturated heterocycles. The van der Waals surface area contributed by atoms with Gasteiger partial charge in [0.1, 0.15) is 30.0 Å². The highest BCUT2D eigenvalue weighted by molar-refractivity contribution is 7.09. The van der Waals surface area contributed by atoms with Gasteiger partial charge in [0.25, 0.3) is 0 Å². The van der Waals surface area contributed by atoms with Gasteiger partial charge in [-0.25, -0.2) is 0 Å². The Labute approximate surface area is 163 Å². The van der Waals surface area contributed by atoms with E-state index in [9.17, 15) is 19.8 Å². The van der Waals surface area contributed by atoms with Gasteiger partial charge in [0, 0.05) is 6.42 Å². The highest BCUT2D eigenvalue weighted by atomic mass is 32.1. The maximum Gasteiger partial charge on any atom is 0.307 e. The zero-order valence-electron chi connectivity index (χ0n) is 14.7. The van der Waals surface area contributed by atoms with Crippen LogP contribution >= 0.6 is 11.3 Å². The fraction of sp³-hybridized carbons (Fsp3) is 0.200. The van der Waals surface area contributed by atoms with Crippen LogP contribution in [0.1, 0.15) is 27.2 Å². The molecule has 1 aliphatic rings. The van der Waals surface area contributed by atoms with Gasteiger partial charge >= 0.3 is 4.87 Å². The molecule has 2 aromatic carbocycles. The van der Waals surface area contributed by atoms with Crippen LogP contribution in [-0.4, -0.2) is 33.7 Å². The number of aromatic amines is 1. The van der Waals surface area contributed by atoms with Crippen molar-refractivity contribution in [2.75, 3.05) is 6.61 Å². The number of hydrogen-bond donors (Lipinski definition) is 3. The van der Waals surface area contributed by atoms with Crippen molar-refractivity contribution >= 4 is 17.1 Å². The number of Topliss-reactive ketones (excluding diaryl/α,β-unsaturated/α-hetero) is 1. The fourth-order valence-corrected chi connectivity index (χ4v) is 3.78. The Morgan fingerprint density at radius 3 is 2.64 bits per heavy atom. The SMILES string of the molecule is O=C1CC(COc2ccc(Cc3sc(=O)[nH]c3O)cc2)Oc2ccc(O)cc21. The van der Waals surface area contributed by atoms with Crippen LogP contribution in [0, 0.1) is 0 Å². The second-order valence-electron chi connectivity index (χ2n) is 6.47. The standard InChI is InChI=1S/C20H17NO6S/c22-12-3-6-17-15(8-12)16(23)9-14(27-17)10-26-13-4-1-11(2-5-13)7-18-19(24)21-20(25)28-18/h1-6,8,14,22,24H,7,9-10H2,(H,21,25). The lowest BCUT2D eigenvalue weighted by molar-refractivity contribution is 0.0742. The first-order chi connectivity index (χ1) is 13.5. The number of rotatable bonds is 5. The number of H-pyrrole nitrogens is 1. The van der Waals surface area contributed by atoms with Gasteiger partial charge in [0.2, 0.25) is 5.88 Å². The monoisotopic (exact) mass is 399 g/mol. The Hall–Kier alpha value is -3.26. The molecule has 1 aromatic heterocycles. The molecule has 144 valence electrons. The zero-order chi connectivity index (χ0) is 19.7. The van der Waals surface area contributed by atoms with Crippen LogP contribution in [0.4, 0.5) is 0 Å². The Bertz CT molecular complexity index is 1070. The molecule has 1 aliphatic heterocycles. The van der Waals surface area contributed by atoms with Crippen molar-refractivity contribution in [1.82, 2.24) is 4.98 Å². The fourth-order valence-electron chi connectivity index (χ4n) is 3.02. The second-order valence-corrected chi connectivity index (χ2v) is 7.53. The average Bonchev–Trinajstić information content (AvgIpc) is 2.99. The summed E-state index contributed by atoms with van der Waals surface area (Å²) in [6.45, 7) is 0.214. The van der Waals surface area contributed by atoms with E-state index in [1.807, 2.05) is 12.1 Å². The molecule has 0 spiro atoms. The molecule has 4 rings (SSSR count). The highest BCUT2D eigenvalue weighted by Gasteiger charge is 2.27. The van der Waals surface area contributed by atoms with Gasteiger partial charge in [-0.15, -0.1) is 0 Å². The summed E-state index contributed by atoms with van der Waals surface area (Å²) in [5.41, 5.74) is 1.31. The van der Waals surface area contributed by atoms with Crippen LogP contribution in [0.5, 0.6) is 23.1 Å². The van der Waals surface area contributed by atoms with Gasteiger partial charge in [0.15, 0.2) is 5.78 Å². The molecule has 1 atom stereocenters. The smallest absolute Gasteiger partial charge is 0.307 e. The van der Waals surface area contributed by atoms with Crippen LogP contribution < -0.4 is 14.3 Å². The molecule has 2 heterocycles. The third kappa shape index (κ3) is 3.86. The first-order valence-electron chi connectivity index (χ1n) is 8.63. The number of benzene rings is 2. The first kappa shape index (κ1) is 18.1. The molecule has 8 heteroatoms. The van der Waals surface area contributed by atoms with Crippen molar-refractivity contribution in [2.24, 2.45) is 0 Å². The summed E-state index contributed by atoms with van der Waals surface area (Å²) in [6, 6.07) is 11.7. The number of carbonyl (C=O) groups excluding carboxylic acids is 1. The molecule has 7 nitrogen and oxygen atoms in total. The molecule has 0 aliphatic carbocycles. The largest absolute Gasteiger partial charge is 0.508 e. The maximum atomic E-state index is 12.2. The molecule has 3 aromatic rings. The maximum absolute atomic E-state index is 12.2. The number of ketones is 1. The number of carbonyl (C=O) groups is 1. The molecule has 0 bridgehead atoms. The van der Waals surface area contributed by atoms with Crippen LogP contribution in [0.25, 0.3) is 0 Å². The lowest BCUT2D eigenvalue weighted by Crippen LogP contribution is -2.32. The van der Waals surface area contributed by atoms with Crippen LogP contribution in [0.2, 0.25) is 0 Å². The minimum atomic E-state index is -0.404. The van der Waals surface area contributed by atoms with Crippen molar-refractivity contribution in [3.8, 4) is 23.1 Å². The highest BCUT2D eigenvalue weighted by Crippen LogP contribution is 2.31. The number of phenols is 1. The summed E-state index contributed by atoms with van der Waals surface area (Å²) in [5, 5.41) is 19.1. The van der Waals surface area contributed by atoms with Crippen molar-refractivity contribution < 1.29 is 24.5 Å². The van der Waals surface area contributed by atoms with E-state index in [0.29, 0.717) is 28.4 Å². The molecule has 3 N–H and O–H groups in total. The third-order valence-corrected chi connectivity index (χ3v) is 5.27. The minimum absolute atomic E-state index is 0.0331. The molecule has 28 heavy (non-hydrogen) atoms. The molecule has 0 radical (unpaired) electrons. The summed E-state index contributed by atoms with van der Waals surface area (Å²) < 4.78 is 11.5. The van der Waals surface area contributed by atoms with Gasteiger partial charge in [-0.2, -0.15) is 0 Å². The molecule has 0 saturated carbocycles. The number of aromatic hydroxyl groups is 2. The number of fused-ring (bicyclic) bond motifs is 1. The van der Waals surface area contributed by atoms with E-state index in [-0.39, 0.29) is 35.3 Å². The average molecular weight is 399 g/mol. The first-order valence-corrected chi connectivity index (χ1v) is 9.45. The molecule has 0 amide bonds. The Morgan fingerprint density at radius 2 is 1.93 bits per heavy atom. The lowest BCUT2D eigenvalue weighted by Gasteiger charge is -2.25. The predicted octanol–water partition coefficient (Wildman–Crippen LogP) is 2.85. The van der Waals surface area contributed by atoms with Gasteiger partial charge in [0.05, 0.1) is 16.9 Å². The van der Waals surface area contributed by atoms with E-state index < -0.39 is 6.10 Å². The molecular weight excluding hydrogens is 382 g/mol. The van der Waals surface area contributed by atoms with E-state index in [1.165, 1.54) is 12.1 Å². The topological polar surface area (TPSA) is 109 Å². The summed E-state index contributed by atoms with van der Waals surface area (Å²) >= 11 is 0.981. The van der Waals surface area contributed by atoms with E-state index in [1.54, 1.807) is 18.2 Å². The van der Waals surface area contributed by atoms with Gasteiger partial charge < -0.3 is 19.7 Å². The van der Waals surface area contributed by atoms with Crippen LogP contribution in [0.15, 0.2) is 47.3 Å². The summed E-state index contributed by atoms with van der Waals surface area (Å²) in [5.74, 6) is 0.922. The molecule has 1 unspecified atom stereocenters. The number of hydrogen-bond acceptors (Lipinski definition) is 7. The number of ether oxygens (including phenoxy) is 2. The number of phenolic OH excluding ortho intramolecular Hbond substituents is 1. The number of nitrogens with one attached hydrogen (secondary N) is 1. The summed E-state index contributed by atoms with van der Waals surface area (Å²) in [6.07, 6.45) is 0.220. The lowest BCUT2D eigenvalue weighted by atomic mass is 10.0.